The molecule has 2 heterocycles. The number of hydrogen-bond donors (Lipinski definition) is 1. The summed E-state index contributed by atoms with van der Waals surface area (Å²) in [5.74, 6) is 1.82. The maximum atomic E-state index is 14.4. The van der Waals surface area contributed by atoms with Crippen LogP contribution in [0.5, 0.6) is 11.5 Å². The van der Waals surface area contributed by atoms with Gasteiger partial charge in [-0.25, -0.2) is 4.79 Å². The first kappa shape index (κ1) is 29.2. The van der Waals surface area contributed by atoms with Crippen molar-refractivity contribution in [3.63, 3.8) is 0 Å². The van der Waals surface area contributed by atoms with E-state index in [0.29, 0.717) is 47.1 Å². The van der Waals surface area contributed by atoms with E-state index in [2.05, 4.69) is 10.2 Å². The van der Waals surface area contributed by atoms with E-state index in [4.69, 9.17) is 37.7 Å². The SMILES string of the molecule is COc1ccc(C2=NC(c3ccc(Cl)cc3)C(c3ccc(Cl)cc3)N2C(=O)N2CCNCC2)c(OCCN(C)C)c1. The number of urea groups is 1. The molecule has 216 valence electrons. The Balaban J connectivity index is 1.66. The quantitative estimate of drug-likeness (QED) is 0.372. The van der Waals surface area contributed by atoms with Crippen molar-refractivity contribution in [2.45, 2.75) is 12.1 Å². The summed E-state index contributed by atoms with van der Waals surface area (Å²) >= 11 is 12.5. The van der Waals surface area contributed by atoms with Crippen LogP contribution in [0.1, 0.15) is 28.8 Å². The third-order valence-corrected chi connectivity index (χ3v) is 7.81. The number of hydrogen-bond acceptors (Lipinski definition) is 6. The molecule has 2 amide bonds. The molecule has 0 saturated carbocycles. The van der Waals surface area contributed by atoms with Gasteiger partial charge in [-0.3, -0.25) is 9.89 Å². The average molecular weight is 597 g/mol. The van der Waals surface area contributed by atoms with Crippen LogP contribution in [0.25, 0.3) is 0 Å². The second-order valence-corrected chi connectivity index (χ2v) is 11.2. The Hall–Kier alpha value is -3.30. The first-order valence-electron chi connectivity index (χ1n) is 13.7. The van der Waals surface area contributed by atoms with Gasteiger partial charge < -0.3 is 24.6 Å². The number of benzene rings is 3. The van der Waals surface area contributed by atoms with Crippen molar-refractivity contribution < 1.29 is 14.3 Å². The highest BCUT2D eigenvalue weighted by molar-refractivity contribution is 6.30. The topological polar surface area (TPSA) is 69.6 Å². The second-order valence-electron chi connectivity index (χ2n) is 10.3. The Morgan fingerprint density at radius 2 is 1.61 bits per heavy atom. The molecule has 3 aromatic carbocycles. The zero-order valence-corrected chi connectivity index (χ0v) is 25.0. The summed E-state index contributed by atoms with van der Waals surface area (Å²) in [6.07, 6.45) is 0. The van der Waals surface area contributed by atoms with Gasteiger partial charge in [-0.2, -0.15) is 0 Å². The Bertz CT molecular complexity index is 1380. The minimum atomic E-state index is -0.414. The molecule has 2 aliphatic heterocycles. The number of aliphatic imine (C=N–C) groups is 1. The predicted molar refractivity (Wildman–Crippen MR) is 164 cm³/mol. The van der Waals surface area contributed by atoms with Crippen molar-refractivity contribution in [3.8, 4) is 11.5 Å². The molecule has 2 aliphatic rings. The zero-order chi connectivity index (χ0) is 28.9. The average Bonchev–Trinajstić information content (AvgIpc) is 3.38. The number of methoxy groups -OCH3 is 1. The molecule has 0 aromatic heterocycles. The van der Waals surface area contributed by atoms with Gasteiger partial charge >= 0.3 is 6.03 Å². The third-order valence-electron chi connectivity index (χ3n) is 7.31. The van der Waals surface area contributed by atoms with Crippen LogP contribution in [-0.2, 0) is 0 Å². The normalized spacial score (nSPS) is 18.9. The number of amides is 2. The molecule has 1 saturated heterocycles. The smallest absolute Gasteiger partial charge is 0.326 e. The summed E-state index contributed by atoms with van der Waals surface area (Å²) in [6.45, 7) is 3.88. The first-order chi connectivity index (χ1) is 19.9. The molecule has 2 atom stereocenters. The molecule has 1 N–H and O–H groups in total. The highest BCUT2D eigenvalue weighted by atomic mass is 35.5. The number of ether oxygens (including phenoxy) is 2. The van der Waals surface area contributed by atoms with Gasteiger partial charge in [0.2, 0.25) is 0 Å². The number of carbonyl (C=O) groups is 1. The molecule has 10 heteroatoms. The van der Waals surface area contributed by atoms with Gasteiger partial charge in [0.15, 0.2) is 0 Å². The van der Waals surface area contributed by atoms with Gasteiger partial charge in [-0.15, -0.1) is 0 Å². The minimum absolute atomic E-state index is 0.100. The molecule has 0 spiro atoms. The molecule has 8 nitrogen and oxygen atoms in total. The Kier molecular flexibility index (Phi) is 9.35. The van der Waals surface area contributed by atoms with E-state index in [0.717, 1.165) is 36.3 Å². The highest BCUT2D eigenvalue weighted by Gasteiger charge is 2.44. The van der Waals surface area contributed by atoms with Crippen LogP contribution in [0.4, 0.5) is 4.79 Å². The zero-order valence-electron chi connectivity index (χ0n) is 23.5. The Labute approximate surface area is 251 Å². The van der Waals surface area contributed by atoms with Gasteiger partial charge in [-0.05, 0) is 61.6 Å². The predicted octanol–water partition coefficient (Wildman–Crippen LogP) is 5.51. The van der Waals surface area contributed by atoms with E-state index in [1.54, 1.807) is 7.11 Å². The van der Waals surface area contributed by atoms with E-state index in [1.165, 1.54) is 0 Å². The standard InChI is InChI=1S/C31H35Cl2N5O3/c1-36(2)18-19-41-27-20-25(40-3)12-13-26(27)30-35-28(21-4-8-23(32)9-5-21)29(22-6-10-24(33)11-7-22)38(30)31(39)37-16-14-34-15-17-37/h4-13,20,28-29,34H,14-19H2,1-3H3. The van der Waals surface area contributed by atoms with E-state index in [-0.39, 0.29) is 12.1 Å². The van der Waals surface area contributed by atoms with Crippen LogP contribution in [0, 0.1) is 0 Å². The number of nitrogens with one attached hydrogen (secondary N) is 1. The second kappa shape index (κ2) is 13.1. The molecular weight excluding hydrogens is 561 g/mol. The van der Waals surface area contributed by atoms with E-state index >= 15 is 0 Å². The van der Waals surface area contributed by atoms with Crippen LogP contribution in [-0.4, -0.2) is 87.1 Å². The van der Waals surface area contributed by atoms with E-state index in [1.807, 2.05) is 90.6 Å². The van der Waals surface area contributed by atoms with E-state index < -0.39 is 6.04 Å². The number of rotatable bonds is 8. The van der Waals surface area contributed by atoms with Crippen molar-refractivity contribution in [1.82, 2.24) is 20.0 Å². The summed E-state index contributed by atoms with van der Waals surface area (Å²) in [7, 11) is 5.62. The molecule has 0 aliphatic carbocycles. The third kappa shape index (κ3) is 6.62. The van der Waals surface area contributed by atoms with E-state index in [9.17, 15) is 4.79 Å². The fraction of sp³-hybridized carbons (Fsp3) is 0.355. The lowest BCUT2D eigenvalue weighted by Gasteiger charge is -2.36. The lowest BCUT2D eigenvalue weighted by atomic mass is 9.93. The van der Waals surface area contributed by atoms with Gasteiger partial charge in [-0.1, -0.05) is 47.5 Å². The van der Waals surface area contributed by atoms with Crippen LogP contribution < -0.4 is 14.8 Å². The van der Waals surface area contributed by atoms with Gasteiger partial charge in [0.05, 0.1) is 18.7 Å². The largest absolute Gasteiger partial charge is 0.497 e. The Morgan fingerprint density at radius 1 is 0.976 bits per heavy atom. The van der Waals surface area contributed by atoms with Crippen molar-refractivity contribution in [3.05, 3.63) is 93.5 Å². The number of nitrogens with zero attached hydrogens (tertiary/aromatic N) is 4. The summed E-state index contributed by atoms with van der Waals surface area (Å²) in [6, 6.07) is 20.0. The maximum absolute atomic E-state index is 14.4. The molecule has 41 heavy (non-hydrogen) atoms. The first-order valence-corrected chi connectivity index (χ1v) is 14.4. The fourth-order valence-corrected chi connectivity index (χ4v) is 5.39. The lowest BCUT2D eigenvalue weighted by Crippen LogP contribution is -2.53. The molecule has 2 unspecified atom stereocenters. The molecule has 0 radical (unpaired) electrons. The van der Waals surface area contributed by atoms with Crippen molar-refractivity contribution >= 4 is 35.1 Å². The number of piperazine rings is 1. The maximum Gasteiger partial charge on any atom is 0.326 e. The minimum Gasteiger partial charge on any atom is -0.497 e. The fourth-order valence-electron chi connectivity index (χ4n) is 5.13. The summed E-state index contributed by atoms with van der Waals surface area (Å²) < 4.78 is 11.8. The van der Waals surface area contributed by atoms with Crippen LogP contribution >= 0.6 is 23.2 Å². The van der Waals surface area contributed by atoms with Gasteiger partial charge in [0.1, 0.15) is 30.0 Å². The van der Waals surface area contributed by atoms with Crippen molar-refractivity contribution in [2.24, 2.45) is 4.99 Å². The van der Waals surface area contributed by atoms with Gasteiger partial charge in [0, 0.05) is 48.8 Å². The Morgan fingerprint density at radius 3 is 2.22 bits per heavy atom. The number of halogens is 2. The summed E-state index contributed by atoms with van der Waals surface area (Å²) in [4.78, 5) is 25.5. The lowest BCUT2D eigenvalue weighted by molar-refractivity contribution is 0.157. The molecule has 5 rings (SSSR count). The van der Waals surface area contributed by atoms with Gasteiger partial charge in [0.25, 0.3) is 0 Å². The van der Waals surface area contributed by atoms with Crippen molar-refractivity contribution in [2.75, 3.05) is 60.5 Å². The number of likely N-dealkylation sites (N-methyl/N-ethyl adjacent to an activating group) is 1. The number of carbonyl (C=O) groups excluding carboxylic acids is 1. The monoisotopic (exact) mass is 595 g/mol. The molecule has 1 fully saturated rings. The summed E-state index contributed by atoms with van der Waals surface area (Å²) in [5, 5.41) is 4.60. The van der Waals surface area contributed by atoms with Crippen LogP contribution in [0.3, 0.4) is 0 Å². The molecule has 3 aromatic rings. The highest BCUT2D eigenvalue weighted by Crippen LogP contribution is 2.45. The van der Waals surface area contributed by atoms with Crippen molar-refractivity contribution in [1.29, 1.82) is 0 Å². The number of amidine groups is 1. The molecule has 0 bridgehead atoms. The summed E-state index contributed by atoms with van der Waals surface area (Å²) in [5.41, 5.74) is 2.61. The molecular formula is C31H35Cl2N5O3. The van der Waals surface area contributed by atoms with Crippen LogP contribution in [0.2, 0.25) is 10.0 Å². The van der Waals surface area contributed by atoms with Crippen LogP contribution in [0.15, 0.2) is 71.7 Å².